The minimum atomic E-state index is -0.282. The molecule has 2 nitrogen and oxygen atoms in total. The van der Waals surface area contributed by atoms with E-state index >= 15 is 0 Å². The van der Waals surface area contributed by atoms with E-state index in [9.17, 15) is 4.39 Å². The molecule has 0 spiro atoms. The molecule has 0 radical (unpaired) electrons. The second-order valence-corrected chi connectivity index (χ2v) is 3.31. The fourth-order valence-electron chi connectivity index (χ4n) is 1.42. The van der Waals surface area contributed by atoms with Gasteiger partial charge in [-0.25, -0.2) is 9.37 Å². The summed E-state index contributed by atoms with van der Waals surface area (Å²) in [5.74, 6) is -0.282. The quantitative estimate of drug-likeness (QED) is 0.690. The average Bonchev–Trinajstić information content (AvgIpc) is 2.19. The normalized spacial score (nSPS) is 10.8. The summed E-state index contributed by atoms with van der Waals surface area (Å²) in [6, 6.07) is 3.40. The molecule has 0 unspecified atom stereocenters. The monoisotopic (exact) mass is 190 g/mol. The van der Waals surface area contributed by atoms with Gasteiger partial charge in [0.15, 0.2) is 5.82 Å². The summed E-state index contributed by atoms with van der Waals surface area (Å²) in [6.45, 7) is 3.79. The van der Waals surface area contributed by atoms with Crippen LogP contribution in [0.5, 0.6) is 0 Å². The van der Waals surface area contributed by atoms with E-state index in [0.29, 0.717) is 11.0 Å². The maximum Gasteiger partial charge on any atom is 0.151 e. The molecule has 1 aromatic carbocycles. The van der Waals surface area contributed by atoms with Crippen molar-refractivity contribution in [1.82, 2.24) is 9.97 Å². The molecule has 0 atom stereocenters. The van der Waals surface area contributed by atoms with Gasteiger partial charge in [-0.3, -0.25) is 4.98 Å². The SMILES string of the molecule is CCc1cc(F)c2nc(C)cnc2c1. The standard InChI is InChI=1S/C11H11FN2/c1-3-8-4-9(12)11-10(5-8)13-6-7(2)14-11/h4-6H,3H2,1-2H3. The summed E-state index contributed by atoms with van der Waals surface area (Å²) < 4.78 is 13.5. The van der Waals surface area contributed by atoms with E-state index in [4.69, 9.17) is 0 Å². The van der Waals surface area contributed by atoms with Gasteiger partial charge in [0, 0.05) is 6.20 Å². The zero-order valence-corrected chi connectivity index (χ0v) is 8.21. The number of hydrogen-bond acceptors (Lipinski definition) is 2. The van der Waals surface area contributed by atoms with E-state index in [0.717, 1.165) is 17.7 Å². The van der Waals surface area contributed by atoms with Crippen LogP contribution in [0.15, 0.2) is 18.3 Å². The Balaban J connectivity index is 2.76. The third-order valence-electron chi connectivity index (χ3n) is 2.19. The lowest BCUT2D eigenvalue weighted by Crippen LogP contribution is -1.93. The zero-order valence-electron chi connectivity index (χ0n) is 8.21. The highest BCUT2D eigenvalue weighted by molar-refractivity contribution is 5.75. The van der Waals surface area contributed by atoms with Gasteiger partial charge >= 0.3 is 0 Å². The van der Waals surface area contributed by atoms with Crippen molar-refractivity contribution in [1.29, 1.82) is 0 Å². The van der Waals surface area contributed by atoms with Crippen LogP contribution in [0, 0.1) is 12.7 Å². The topological polar surface area (TPSA) is 25.8 Å². The number of rotatable bonds is 1. The Bertz CT molecular complexity index is 480. The lowest BCUT2D eigenvalue weighted by Gasteiger charge is -2.02. The van der Waals surface area contributed by atoms with Crippen molar-refractivity contribution in [2.45, 2.75) is 20.3 Å². The van der Waals surface area contributed by atoms with E-state index in [1.165, 1.54) is 6.07 Å². The summed E-state index contributed by atoms with van der Waals surface area (Å²) in [7, 11) is 0. The smallest absolute Gasteiger partial charge is 0.151 e. The van der Waals surface area contributed by atoms with Crippen molar-refractivity contribution >= 4 is 11.0 Å². The largest absolute Gasteiger partial charge is 0.253 e. The van der Waals surface area contributed by atoms with E-state index in [1.807, 2.05) is 13.0 Å². The van der Waals surface area contributed by atoms with Gasteiger partial charge in [-0.2, -0.15) is 0 Å². The first kappa shape index (κ1) is 9.06. The highest BCUT2D eigenvalue weighted by Gasteiger charge is 2.05. The molecular formula is C11H11FN2. The summed E-state index contributed by atoms with van der Waals surface area (Å²) in [5.41, 5.74) is 2.68. The van der Waals surface area contributed by atoms with Crippen molar-refractivity contribution in [3.8, 4) is 0 Å². The molecule has 1 heterocycles. The summed E-state index contributed by atoms with van der Waals surface area (Å²) in [4.78, 5) is 8.26. The number of benzene rings is 1. The maximum atomic E-state index is 13.5. The van der Waals surface area contributed by atoms with Crippen LogP contribution in [0.3, 0.4) is 0 Å². The van der Waals surface area contributed by atoms with Gasteiger partial charge in [0.25, 0.3) is 0 Å². The van der Waals surface area contributed by atoms with Crippen LogP contribution in [0.25, 0.3) is 11.0 Å². The van der Waals surface area contributed by atoms with Gasteiger partial charge in [-0.1, -0.05) is 6.92 Å². The van der Waals surface area contributed by atoms with Crippen molar-refractivity contribution in [2.75, 3.05) is 0 Å². The third-order valence-corrected chi connectivity index (χ3v) is 2.19. The number of halogens is 1. The Morgan fingerprint density at radius 1 is 1.36 bits per heavy atom. The predicted molar refractivity (Wildman–Crippen MR) is 53.6 cm³/mol. The molecule has 2 rings (SSSR count). The summed E-state index contributed by atoms with van der Waals surface area (Å²) in [6.07, 6.45) is 2.46. The lowest BCUT2D eigenvalue weighted by atomic mass is 10.1. The molecule has 3 heteroatoms. The first-order chi connectivity index (χ1) is 6.70. The first-order valence-corrected chi connectivity index (χ1v) is 4.62. The van der Waals surface area contributed by atoms with Gasteiger partial charge in [-0.15, -0.1) is 0 Å². The Kier molecular flexibility index (Phi) is 2.15. The molecule has 0 saturated heterocycles. The molecule has 0 bridgehead atoms. The fourth-order valence-corrected chi connectivity index (χ4v) is 1.42. The Morgan fingerprint density at radius 3 is 2.86 bits per heavy atom. The van der Waals surface area contributed by atoms with Gasteiger partial charge in [-0.05, 0) is 31.0 Å². The van der Waals surface area contributed by atoms with Gasteiger partial charge in [0.05, 0.1) is 11.2 Å². The number of fused-ring (bicyclic) bond motifs is 1. The molecule has 0 aliphatic heterocycles. The molecule has 1 aromatic heterocycles. The molecule has 14 heavy (non-hydrogen) atoms. The highest BCUT2D eigenvalue weighted by Crippen LogP contribution is 2.16. The zero-order chi connectivity index (χ0) is 10.1. The van der Waals surface area contributed by atoms with Gasteiger partial charge in [0.1, 0.15) is 5.52 Å². The van der Waals surface area contributed by atoms with Crippen LogP contribution in [-0.2, 0) is 6.42 Å². The van der Waals surface area contributed by atoms with Crippen molar-refractivity contribution < 1.29 is 4.39 Å². The van der Waals surface area contributed by atoms with Crippen LogP contribution in [0.4, 0.5) is 4.39 Å². The molecule has 0 amide bonds. The second-order valence-electron chi connectivity index (χ2n) is 3.31. The number of aromatic nitrogens is 2. The Labute approximate surface area is 81.8 Å². The van der Waals surface area contributed by atoms with E-state index in [1.54, 1.807) is 13.1 Å². The van der Waals surface area contributed by atoms with E-state index < -0.39 is 0 Å². The van der Waals surface area contributed by atoms with Gasteiger partial charge in [0.2, 0.25) is 0 Å². The van der Waals surface area contributed by atoms with Crippen molar-refractivity contribution in [3.05, 3.63) is 35.4 Å². The molecular weight excluding hydrogens is 179 g/mol. The molecule has 0 fully saturated rings. The van der Waals surface area contributed by atoms with E-state index in [2.05, 4.69) is 9.97 Å². The predicted octanol–water partition coefficient (Wildman–Crippen LogP) is 2.64. The lowest BCUT2D eigenvalue weighted by molar-refractivity contribution is 0.634. The minimum Gasteiger partial charge on any atom is -0.253 e. The Morgan fingerprint density at radius 2 is 2.14 bits per heavy atom. The molecule has 0 saturated carbocycles. The van der Waals surface area contributed by atoms with Crippen LogP contribution in [0.2, 0.25) is 0 Å². The molecule has 0 aliphatic rings. The number of aryl methyl sites for hydroxylation is 2. The van der Waals surface area contributed by atoms with Crippen LogP contribution < -0.4 is 0 Å². The van der Waals surface area contributed by atoms with Crippen LogP contribution in [0.1, 0.15) is 18.2 Å². The second kappa shape index (κ2) is 3.33. The van der Waals surface area contributed by atoms with Crippen molar-refractivity contribution in [3.63, 3.8) is 0 Å². The maximum absolute atomic E-state index is 13.5. The van der Waals surface area contributed by atoms with Crippen LogP contribution >= 0.6 is 0 Å². The minimum absolute atomic E-state index is 0.282. The third kappa shape index (κ3) is 1.45. The van der Waals surface area contributed by atoms with E-state index in [-0.39, 0.29) is 5.82 Å². The summed E-state index contributed by atoms with van der Waals surface area (Å²) >= 11 is 0. The molecule has 2 aromatic rings. The first-order valence-electron chi connectivity index (χ1n) is 4.62. The number of hydrogen-bond donors (Lipinski definition) is 0. The number of nitrogens with zero attached hydrogens (tertiary/aromatic N) is 2. The fraction of sp³-hybridized carbons (Fsp3) is 0.273. The van der Waals surface area contributed by atoms with Crippen molar-refractivity contribution in [2.24, 2.45) is 0 Å². The highest BCUT2D eigenvalue weighted by atomic mass is 19.1. The average molecular weight is 190 g/mol. The van der Waals surface area contributed by atoms with Gasteiger partial charge < -0.3 is 0 Å². The molecule has 0 N–H and O–H groups in total. The summed E-state index contributed by atoms with van der Waals surface area (Å²) in [5, 5.41) is 0. The Hall–Kier alpha value is -1.51. The molecule has 0 aliphatic carbocycles. The van der Waals surface area contributed by atoms with Crippen LogP contribution in [-0.4, -0.2) is 9.97 Å². The molecule has 72 valence electrons.